The summed E-state index contributed by atoms with van der Waals surface area (Å²) in [7, 11) is 2.01. The minimum absolute atomic E-state index is 0.600. The van der Waals surface area contributed by atoms with Crippen molar-refractivity contribution in [2.24, 2.45) is 7.05 Å². The Morgan fingerprint density at radius 3 is 2.83 bits per heavy atom. The average Bonchev–Trinajstić information content (AvgIpc) is 2.96. The van der Waals surface area contributed by atoms with Crippen LogP contribution in [0.3, 0.4) is 0 Å². The maximum atomic E-state index is 4.70. The van der Waals surface area contributed by atoms with Crippen molar-refractivity contribution < 1.29 is 0 Å². The van der Waals surface area contributed by atoms with E-state index in [-0.39, 0.29) is 0 Å². The number of hydrogen-bond acceptors (Lipinski definition) is 3. The molecule has 1 N–H and O–H groups in total. The fourth-order valence-electron chi connectivity index (χ4n) is 2.55. The molecule has 1 saturated heterocycles. The topological polar surface area (TPSA) is 29.9 Å². The standard InChI is InChI=1S/C13H16BrN3S/c1-17-8-10(11-2-3-12(14)18-11)13(16-17)9-4-6-15-7-5-9/h2-3,8-9,15H,4-7H2,1H3. The molecule has 3 heterocycles. The van der Waals surface area contributed by atoms with Gasteiger partial charge in [-0.05, 0) is 54.0 Å². The van der Waals surface area contributed by atoms with Crippen molar-refractivity contribution in [3.63, 3.8) is 0 Å². The molecule has 1 aliphatic heterocycles. The Kier molecular flexibility index (Phi) is 3.54. The van der Waals surface area contributed by atoms with Crippen LogP contribution in [0.4, 0.5) is 0 Å². The molecule has 0 saturated carbocycles. The minimum atomic E-state index is 0.600. The lowest BCUT2D eigenvalue weighted by Gasteiger charge is -2.21. The van der Waals surface area contributed by atoms with Gasteiger partial charge in [0.2, 0.25) is 0 Å². The molecule has 0 spiro atoms. The summed E-state index contributed by atoms with van der Waals surface area (Å²) in [5.74, 6) is 0.600. The Morgan fingerprint density at radius 1 is 1.39 bits per heavy atom. The smallest absolute Gasteiger partial charge is 0.0742 e. The molecule has 0 aliphatic carbocycles. The van der Waals surface area contributed by atoms with Crippen LogP contribution in [-0.4, -0.2) is 22.9 Å². The van der Waals surface area contributed by atoms with Gasteiger partial charge < -0.3 is 5.32 Å². The highest BCUT2D eigenvalue weighted by Gasteiger charge is 2.22. The summed E-state index contributed by atoms with van der Waals surface area (Å²) in [5, 5.41) is 8.12. The summed E-state index contributed by atoms with van der Waals surface area (Å²) in [6.07, 6.45) is 4.53. The van der Waals surface area contributed by atoms with Crippen molar-refractivity contribution in [2.45, 2.75) is 18.8 Å². The number of hydrogen-bond donors (Lipinski definition) is 1. The van der Waals surface area contributed by atoms with Crippen molar-refractivity contribution in [3.05, 3.63) is 27.8 Å². The molecule has 5 heteroatoms. The van der Waals surface area contributed by atoms with Gasteiger partial charge in [-0.25, -0.2) is 0 Å². The molecular formula is C13H16BrN3S. The summed E-state index contributed by atoms with van der Waals surface area (Å²) in [6, 6.07) is 4.29. The number of rotatable bonds is 2. The van der Waals surface area contributed by atoms with Crippen LogP contribution in [0.1, 0.15) is 24.5 Å². The molecular weight excluding hydrogens is 310 g/mol. The Balaban J connectivity index is 1.98. The predicted molar refractivity (Wildman–Crippen MR) is 79.1 cm³/mol. The second-order valence-corrected chi connectivity index (χ2v) is 7.19. The van der Waals surface area contributed by atoms with Crippen LogP contribution in [0.15, 0.2) is 22.1 Å². The molecule has 2 aromatic rings. The maximum absolute atomic E-state index is 4.70. The summed E-state index contributed by atoms with van der Waals surface area (Å²) in [6.45, 7) is 2.21. The Labute approximate surface area is 119 Å². The van der Waals surface area contributed by atoms with E-state index in [9.17, 15) is 0 Å². The van der Waals surface area contributed by atoms with Crippen LogP contribution in [0, 0.1) is 0 Å². The molecule has 3 rings (SSSR count). The third-order valence-corrected chi connectivity index (χ3v) is 5.08. The van der Waals surface area contributed by atoms with Crippen LogP contribution in [-0.2, 0) is 7.05 Å². The molecule has 0 aromatic carbocycles. The largest absolute Gasteiger partial charge is 0.317 e. The molecule has 1 aliphatic rings. The van der Waals surface area contributed by atoms with E-state index in [4.69, 9.17) is 5.10 Å². The van der Waals surface area contributed by atoms with Gasteiger partial charge in [0.25, 0.3) is 0 Å². The van der Waals surface area contributed by atoms with E-state index in [0.717, 1.165) is 13.1 Å². The van der Waals surface area contributed by atoms with Gasteiger partial charge in [0, 0.05) is 29.6 Å². The van der Waals surface area contributed by atoms with Crippen molar-refractivity contribution in [1.82, 2.24) is 15.1 Å². The number of aromatic nitrogens is 2. The van der Waals surface area contributed by atoms with Gasteiger partial charge in [0.05, 0.1) is 9.48 Å². The van der Waals surface area contributed by atoms with Crippen LogP contribution < -0.4 is 5.32 Å². The second-order valence-electron chi connectivity index (χ2n) is 4.73. The Bertz CT molecular complexity index is 540. The first-order valence-electron chi connectivity index (χ1n) is 6.24. The van der Waals surface area contributed by atoms with E-state index < -0.39 is 0 Å². The normalized spacial score (nSPS) is 17.2. The molecule has 96 valence electrons. The van der Waals surface area contributed by atoms with Crippen LogP contribution in [0.2, 0.25) is 0 Å². The Morgan fingerprint density at radius 2 is 2.17 bits per heavy atom. The first-order valence-corrected chi connectivity index (χ1v) is 7.85. The summed E-state index contributed by atoms with van der Waals surface area (Å²) >= 11 is 5.32. The van der Waals surface area contributed by atoms with Gasteiger partial charge in [-0.15, -0.1) is 11.3 Å². The van der Waals surface area contributed by atoms with E-state index in [2.05, 4.69) is 39.6 Å². The number of piperidine rings is 1. The van der Waals surface area contributed by atoms with Crippen molar-refractivity contribution >= 4 is 27.3 Å². The number of thiophene rings is 1. The molecule has 2 aromatic heterocycles. The van der Waals surface area contributed by atoms with Gasteiger partial charge in [0.15, 0.2) is 0 Å². The monoisotopic (exact) mass is 325 g/mol. The SMILES string of the molecule is Cn1cc(-c2ccc(Br)s2)c(C2CCNCC2)n1. The third kappa shape index (κ3) is 2.39. The van der Waals surface area contributed by atoms with Crippen LogP contribution in [0.25, 0.3) is 10.4 Å². The van der Waals surface area contributed by atoms with Crippen LogP contribution >= 0.6 is 27.3 Å². The summed E-state index contributed by atoms with van der Waals surface area (Å²) in [5.41, 5.74) is 2.58. The predicted octanol–water partition coefficient (Wildman–Crippen LogP) is 3.38. The Hall–Kier alpha value is -0.650. The summed E-state index contributed by atoms with van der Waals surface area (Å²) < 4.78 is 3.12. The minimum Gasteiger partial charge on any atom is -0.317 e. The fourth-order valence-corrected chi connectivity index (χ4v) is 3.96. The molecule has 0 amide bonds. The molecule has 18 heavy (non-hydrogen) atoms. The van der Waals surface area contributed by atoms with E-state index in [1.54, 1.807) is 11.3 Å². The molecule has 0 unspecified atom stereocenters. The van der Waals surface area contributed by atoms with Crippen molar-refractivity contribution in [3.8, 4) is 10.4 Å². The van der Waals surface area contributed by atoms with E-state index >= 15 is 0 Å². The zero-order chi connectivity index (χ0) is 12.5. The zero-order valence-corrected chi connectivity index (χ0v) is 12.7. The quantitative estimate of drug-likeness (QED) is 0.917. The first kappa shape index (κ1) is 12.4. The molecule has 0 atom stereocenters. The van der Waals surface area contributed by atoms with Gasteiger partial charge in [0.1, 0.15) is 0 Å². The molecule has 0 bridgehead atoms. The highest BCUT2D eigenvalue weighted by molar-refractivity contribution is 9.11. The van der Waals surface area contributed by atoms with Crippen LogP contribution in [0.5, 0.6) is 0 Å². The first-order chi connectivity index (χ1) is 8.74. The van der Waals surface area contributed by atoms with E-state index in [1.807, 2.05) is 11.7 Å². The number of nitrogens with one attached hydrogen (secondary N) is 1. The van der Waals surface area contributed by atoms with Crippen molar-refractivity contribution in [1.29, 1.82) is 0 Å². The second kappa shape index (κ2) is 5.15. The maximum Gasteiger partial charge on any atom is 0.0742 e. The number of halogens is 1. The van der Waals surface area contributed by atoms with E-state index in [1.165, 1.54) is 32.8 Å². The lowest BCUT2D eigenvalue weighted by molar-refractivity contribution is 0.450. The van der Waals surface area contributed by atoms with Gasteiger partial charge in [-0.2, -0.15) is 5.10 Å². The highest BCUT2D eigenvalue weighted by atomic mass is 79.9. The number of nitrogens with zero attached hydrogens (tertiary/aromatic N) is 2. The fraction of sp³-hybridized carbons (Fsp3) is 0.462. The zero-order valence-electron chi connectivity index (χ0n) is 10.3. The highest BCUT2D eigenvalue weighted by Crippen LogP contribution is 2.37. The van der Waals surface area contributed by atoms with E-state index in [0.29, 0.717) is 5.92 Å². The summed E-state index contributed by atoms with van der Waals surface area (Å²) in [4.78, 5) is 1.31. The lowest BCUT2D eigenvalue weighted by Crippen LogP contribution is -2.27. The number of aryl methyl sites for hydroxylation is 1. The molecule has 0 radical (unpaired) electrons. The van der Waals surface area contributed by atoms with Gasteiger partial charge in [-0.3, -0.25) is 4.68 Å². The van der Waals surface area contributed by atoms with Gasteiger partial charge in [-0.1, -0.05) is 0 Å². The molecule has 3 nitrogen and oxygen atoms in total. The average molecular weight is 326 g/mol. The van der Waals surface area contributed by atoms with Crippen molar-refractivity contribution in [2.75, 3.05) is 13.1 Å². The van der Waals surface area contributed by atoms with Gasteiger partial charge >= 0.3 is 0 Å². The third-order valence-electron chi connectivity index (χ3n) is 3.42. The lowest BCUT2D eigenvalue weighted by atomic mass is 9.92. The molecule has 1 fully saturated rings.